The third kappa shape index (κ3) is 3.01. The number of nitriles is 2. The summed E-state index contributed by atoms with van der Waals surface area (Å²) in [4.78, 5) is 10.6. The summed E-state index contributed by atoms with van der Waals surface area (Å²) in [6, 6.07) is 6.20. The molecule has 0 amide bonds. The molecule has 2 N–H and O–H groups in total. The Labute approximate surface area is 95.2 Å². The Morgan fingerprint density at radius 3 is 2.59 bits per heavy atom. The molecule has 0 aliphatic carbocycles. The Morgan fingerprint density at radius 2 is 2.06 bits per heavy atom. The van der Waals surface area contributed by atoms with Gasteiger partial charge in [0.05, 0.1) is 11.3 Å². The van der Waals surface area contributed by atoms with Crippen molar-refractivity contribution in [3.8, 4) is 12.1 Å². The van der Waals surface area contributed by atoms with Crippen LogP contribution in [0.2, 0.25) is 0 Å². The minimum atomic E-state index is -1.42. The van der Waals surface area contributed by atoms with E-state index in [2.05, 4.69) is 10.5 Å². The van der Waals surface area contributed by atoms with E-state index >= 15 is 0 Å². The van der Waals surface area contributed by atoms with Crippen molar-refractivity contribution < 1.29 is 14.3 Å². The third-order valence-corrected chi connectivity index (χ3v) is 1.71. The lowest BCUT2D eigenvalue weighted by Gasteiger charge is -2.02. The number of hydrazone groups is 1. The van der Waals surface area contributed by atoms with Crippen LogP contribution in [0, 0.1) is 28.5 Å². The van der Waals surface area contributed by atoms with E-state index in [1.807, 2.05) is 0 Å². The Morgan fingerprint density at radius 1 is 1.41 bits per heavy atom. The molecule has 1 aromatic rings. The summed E-state index contributed by atoms with van der Waals surface area (Å²) < 4.78 is 13.0. The molecule has 0 atom stereocenters. The number of benzene rings is 1. The van der Waals surface area contributed by atoms with E-state index < -0.39 is 23.1 Å². The van der Waals surface area contributed by atoms with Gasteiger partial charge in [0.15, 0.2) is 0 Å². The summed E-state index contributed by atoms with van der Waals surface area (Å²) in [5.74, 6) is -2.30. The van der Waals surface area contributed by atoms with Crippen LogP contribution in [0.3, 0.4) is 0 Å². The molecule has 0 saturated carbocycles. The molecule has 0 bridgehead atoms. The van der Waals surface area contributed by atoms with Gasteiger partial charge in [0.25, 0.3) is 0 Å². The maximum atomic E-state index is 13.0. The smallest absolute Gasteiger partial charge is 0.338 e. The first kappa shape index (κ1) is 12.1. The molecule has 0 fully saturated rings. The number of hydrogen-bond donors (Lipinski definition) is 2. The zero-order chi connectivity index (χ0) is 12.8. The first-order valence-electron chi connectivity index (χ1n) is 4.25. The monoisotopic (exact) mass is 232 g/mol. The Kier molecular flexibility index (Phi) is 3.74. The standard InChI is InChI=1S/C10H5FN4O2/c11-9-2-1-6(3-8(9)10(16)17)14-15-7(4-12)5-13/h1-3,14H,(H,16,17). The zero-order valence-electron chi connectivity index (χ0n) is 8.31. The largest absolute Gasteiger partial charge is 0.478 e. The molecule has 84 valence electrons. The Bertz CT molecular complexity index is 553. The van der Waals surface area contributed by atoms with Crippen LogP contribution in [0.5, 0.6) is 0 Å². The quantitative estimate of drug-likeness (QED) is 0.603. The predicted octanol–water partition coefficient (Wildman–Crippen LogP) is 1.34. The first-order valence-corrected chi connectivity index (χ1v) is 4.25. The first-order chi connectivity index (χ1) is 8.08. The maximum absolute atomic E-state index is 13.0. The number of anilines is 1. The van der Waals surface area contributed by atoms with Gasteiger partial charge in [-0.1, -0.05) is 0 Å². The summed E-state index contributed by atoms with van der Waals surface area (Å²) in [5, 5.41) is 28.8. The van der Waals surface area contributed by atoms with E-state index in [4.69, 9.17) is 15.6 Å². The fourth-order valence-electron chi connectivity index (χ4n) is 0.954. The van der Waals surface area contributed by atoms with Crippen molar-refractivity contribution in [3.63, 3.8) is 0 Å². The van der Waals surface area contributed by atoms with Gasteiger partial charge in [-0.2, -0.15) is 15.6 Å². The van der Waals surface area contributed by atoms with Gasteiger partial charge in [-0.05, 0) is 18.2 Å². The number of nitrogens with zero attached hydrogens (tertiary/aromatic N) is 3. The molecule has 0 unspecified atom stereocenters. The highest BCUT2D eigenvalue weighted by atomic mass is 19.1. The van der Waals surface area contributed by atoms with Gasteiger partial charge in [-0.15, -0.1) is 0 Å². The molecule has 0 heterocycles. The van der Waals surface area contributed by atoms with E-state index in [1.54, 1.807) is 0 Å². The number of nitrogens with one attached hydrogen (secondary N) is 1. The average Bonchev–Trinajstić information content (AvgIpc) is 2.32. The molecular formula is C10H5FN4O2. The molecule has 0 radical (unpaired) electrons. The van der Waals surface area contributed by atoms with Crippen LogP contribution in [0.15, 0.2) is 23.3 Å². The Hall–Kier alpha value is -2.93. The van der Waals surface area contributed by atoms with Gasteiger partial charge >= 0.3 is 5.97 Å². The summed E-state index contributed by atoms with van der Waals surface area (Å²) in [7, 11) is 0. The molecule has 0 spiro atoms. The van der Waals surface area contributed by atoms with Crippen LogP contribution in [-0.2, 0) is 0 Å². The molecule has 0 aromatic heterocycles. The van der Waals surface area contributed by atoms with Crippen molar-refractivity contribution in [2.24, 2.45) is 5.10 Å². The lowest BCUT2D eigenvalue weighted by Crippen LogP contribution is -2.02. The zero-order valence-corrected chi connectivity index (χ0v) is 8.31. The minimum absolute atomic E-state index is 0.159. The van der Waals surface area contributed by atoms with Crippen molar-refractivity contribution in [2.75, 3.05) is 5.43 Å². The highest BCUT2D eigenvalue weighted by molar-refractivity contribution is 6.10. The van der Waals surface area contributed by atoms with Crippen LogP contribution >= 0.6 is 0 Å². The SMILES string of the molecule is N#CC(C#N)=NNc1ccc(F)c(C(=O)O)c1. The minimum Gasteiger partial charge on any atom is -0.478 e. The summed E-state index contributed by atoms with van der Waals surface area (Å²) in [6.07, 6.45) is 0. The molecular weight excluding hydrogens is 227 g/mol. The summed E-state index contributed by atoms with van der Waals surface area (Å²) >= 11 is 0. The second-order valence-corrected chi connectivity index (χ2v) is 2.80. The van der Waals surface area contributed by atoms with Crippen LogP contribution in [0.1, 0.15) is 10.4 Å². The molecule has 1 rings (SSSR count). The van der Waals surface area contributed by atoms with Crippen molar-refractivity contribution in [1.29, 1.82) is 10.5 Å². The van der Waals surface area contributed by atoms with Crippen molar-refractivity contribution >= 4 is 17.4 Å². The normalized spacial score (nSPS) is 8.65. The van der Waals surface area contributed by atoms with Gasteiger partial charge < -0.3 is 5.11 Å². The fourth-order valence-corrected chi connectivity index (χ4v) is 0.954. The number of hydrogen-bond acceptors (Lipinski definition) is 5. The van der Waals surface area contributed by atoms with Crippen molar-refractivity contribution in [2.45, 2.75) is 0 Å². The summed E-state index contributed by atoms with van der Waals surface area (Å²) in [5.41, 5.74) is 1.49. The molecule has 0 saturated heterocycles. The van der Waals surface area contributed by atoms with E-state index in [0.717, 1.165) is 12.1 Å². The molecule has 6 nitrogen and oxygen atoms in total. The molecule has 7 heteroatoms. The van der Waals surface area contributed by atoms with Gasteiger partial charge in [0.2, 0.25) is 5.71 Å². The van der Waals surface area contributed by atoms with Crippen LogP contribution in [0.4, 0.5) is 10.1 Å². The lowest BCUT2D eigenvalue weighted by atomic mass is 10.2. The number of halogens is 1. The van der Waals surface area contributed by atoms with Gasteiger partial charge in [-0.25, -0.2) is 9.18 Å². The predicted molar refractivity (Wildman–Crippen MR) is 55.6 cm³/mol. The average molecular weight is 232 g/mol. The number of carbonyl (C=O) groups is 1. The van der Waals surface area contributed by atoms with Crippen molar-refractivity contribution in [1.82, 2.24) is 0 Å². The van der Waals surface area contributed by atoms with E-state index in [-0.39, 0.29) is 5.69 Å². The third-order valence-electron chi connectivity index (χ3n) is 1.71. The lowest BCUT2D eigenvalue weighted by molar-refractivity contribution is 0.0692. The second-order valence-electron chi connectivity index (χ2n) is 2.80. The van der Waals surface area contributed by atoms with Crippen LogP contribution in [0.25, 0.3) is 0 Å². The fraction of sp³-hybridized carbons (Fsp3) is 0. The molecule has 1 aromatic carbocycles. The van der Waals surface area contributed by atoms with Gasteiger partial charge in [-0.3, -0.25) is 5.43 Å². The second kappa shape index (κ2) is 5.24. The molecule has 0 aliphatic rings. The van der Waals surface area contributed by atoms with Crippen molar-refractivity contribution in [3.05, 3.63) is 29.6 Å². The highest BCUT2D eigenvalue weighted by Gasteiger charge is 2.10. The topological polar surface area (TPSA) is 109 Å². The van der Waals surface area contributed by atoms with E-state index in [9.17, 15) is 9.18 Å². The van der Waals surface area contributed by atoms with E-state index in [1.165, 1.54) is 18.2 Å². The number of rotatable bonds is 3. The number of carboxylic acids is 1. The van der Waals surface area contributed by atoms with Crippen LogP contribution < -0.4 is 5.43 Å². The highest BCUT2D eigenvalue weighted by Crippen LogP contribution is 2.14. The van der Waals surface area contributed by atoms with Gasteiger partial charge in [0.1, 0.15) is 18.0 Å². The van der Waals surface area contributed by atoms with Crippen LogP contribution in [-0.4, -0.2) is 16.8 Å². The number of carboxylic acid groups (broad SMARTS) is 1. The number of aromatic carboxylic acids is 1. The van der Waals surface area contributed by atoms with E-state index in [0.29, 0.717) is 0 Å². The molecule has 17 heavy (non-hydrogen) atoms. The summed E-state index contributed by atoms with van der Waals surface area (Å²) in [6.45, 7) is 0. The van der Waals surface area contributed by atoms with Gasteiger partial charge in [0, 0.05) is 0 Å². The molecule has 0 aliphatic heterocycles. The maximum Gasteiger partial charge on any atom is 0.338 e. The Balaban J connectivity index is 3.00.